The number of methoxy groups -OCH3 is 2. The Morgan fingerprint density at radius 1 is 1.04 bits per heavy atom. The van der Waals surface area contributed by atoms with Gasteiger partial charge in [-0.1, -0.05) is 12.1 Å². The second kappa shape index (κ2) is 8.71. The van der Waals surface area contributed by atoms with Crippen LogP contribution in [0.25, 0.3) is 6.08 Å². The van der Waals surface area contributed by atoms with Crippen molar-refractivity contribution in [3.63, 3.8) is 0 Å². The topological polar surface area (TPSA) is 76.7 Å². The van der Waals surface area contributed by atoms with Crippen molar-refractivity contribution in [1.82, 2.24) is 5.32 Å². The van der Waals surface area contributed by atoms with Gasteiger partial charge in [0, 0.05) is 24.4 Å². The van der Waals surface area contributed by atoms with Gasteiger partial charge in [-0.15, -0.1) is 0 Å². The number of hydrogen-bond acceptors (Lipinski definition) is 4. The first-order valence-electron chi connectivity index (χ1n) is 8.03. The van der Waals surface area contributed by atoms with Gasteiger partial charge in [0.05, 0.1) is 14.2 Å². The van der Waals surface area contributed by atoms with Gasteiger partial charge < -0.3 is 20.1 Å². The van der Waals surface area contributed by atoms with Crippen LogP contribution in [0.4, 0.5) is 5.69 Å². The Bertz CT molecular complexity index is 844. The van der Waals surface area contributed by atoms with Crippen LogP contribution in [0.1, 0.15) is 21.5 Å². The Labute approximate surface area is 152 Å². The van der Waals surface area contributed by atoms with Gasteiger partial charge in [0.2, 0.25) is 5.91 Å². The summed E-state index contributed by atoms with van der Waals surface area (Å²) < 4.78 is 10.4. The van der Waals surface area contributed by atoms with Gasteiger partial charge in [0.1, 0.15) is 0 Å². The molecule has 2 aromatic rings. The average Bonchev–Trinajstić information content (AvgIpc) is 2.67. The number of carbonyl (C=O) groups is 2. The van der Waals surface area contributed by atoms with E-state index >= 15 is 0 Å². The fourth-order valence-electron chi connectivity index (χ4n) is 2.45. The molecule has 2 amide bonds. The summed E-state index contributed by atoms with van der Waals surface area (Å²) in [5.41, 5.74) is 2.62. The van der Waals surface area contributed by atoms with E-state index in [1.165, 1.54) is 6.08 Å². The van der Waals surface area contributed by atoms with E-state index in [9.17, 15) is 9.59 Å². The summed E-state index contributed by atoms with van der Waals surface area (Å²) in [5, 5.41) is 5.37. The summed E-state index contributed by atoms with van der Waals surface area (Å²) in [4.78, 5) is 24.0. The molecular weight excluding hydrogens is 332 g/mol. The van der Waals surface area contributed by atoms with Crippen LogP contribution < -0.4 is 20.1 Å². The maximum absolute atomic E-state index is 12.2. The van der Waals surface area contributed by atoms with Crippen LogP contribution in [0.3, 0.4) is 0 Å². The van der Waals surface area contributed by atoms with Crippen LogP contribution in [-0.2, 0) is 4.79 Å². The van der Waals surface area contributed by atoms with E-state index in [1.54, 1.807) is 64.6 Å². The highest BCUT2D eigenvalue weighted by atomic mass is 16.5. The Kier molecular flexibility index (Phi) is 6.38. The van der Waals surface area contributed by atoms with E-state index < -0.39 is 0 Å². The van der Waals surface area contributed by atoms with Gasteiger partial charge in [-0.3, -0.25) is 9.59 Å². The maximum Gasteiger partial charge on any atom is 0.251 e. The highest BCUT2D eigenvalue weighted by molar-refractivity contribution is 6.04. The van der Waals surface area contributed by atoms with E-state index in [4.69, 9.17) is 9.47 Å². The van der Waals surface area contributed by atoms with E-state index in [0.29, 0.717) is 28.3 Å². The molecule has 136 valence electrons. The first-order valence-corrected chi connectivity index (χ1v) is 8.03. The van der Waals surface area contributed by atoms with Gasteiger partial charge >= 0.3 is 0 Å². The predicted molar refractivity (Wildman–Crippen MR) is 102 cm³/mol. The Morgan fingerprint density at radius 3 is 2.42 bits per heavy atom. The third-order valence-electron chi connectivity index (χ3n) is 3.90. The minimum Gasteiger partial charge on any atom is -0.493 e. The molecule has 0 aliphatic rings. The number of rotatable bonds is 6. The summed E-state index contributed by atoms with van der Waals surface area (Å²) in [6.45, 7) is 1.79. The molecule has 6 nitrogen and oxygen atoms in total. The summed E-state index contributed by atoms with van der Waals surface area (Å²) >= 11 is 0. The zero-order valence-electron chi connectivity index (χ0n) is 15.3. The molecule has 0 fully saturated rings. The Hall–Kier alpha value is -3.28. The first-order chi connectivity index (χ1) is 12.5. The van der Waals surface area contributed by atoms with Crippen LogP contribution in [0, 0.1) is 6.92 Å². The maximum atomic E-state index is 12.2. The van der Waals surface area contributed by atoms with Gasteiger partial charge in [-0.2, -0.15) is 0 Å². The normalized spacial score (nSPS) is 10.5. The van der Waals surface area contributed by atoms with E-state index in [-0.39, 0.29) is 11.8 Å². The second-order valence-electron chi connectivity index (χ2n) is 5.49. The molecule has 0 heterocycles. The lowest BCUT2D eigenvalue weighted by molar-refractivity contribution is -0.111. The third kappa shape index (κ3) is 4.42. The SMILES string of the molecule is CNC(=O)c1cccc(NC(=O)/C=C/c2ccc(OC)c(OC)c2)c1C. The van der Waals surface area contributed by atoms with Crippen LogP contribution >= 0.6 is 0 Å². The molecule has 0 spiro atoms. The lowest BCUT2D eigenvalue weighted by atomic mass is 10.1. The second-order valence-corrected chi connectivity index (χ2v) is 5.49. The number of carbonyl (C=O) groups excluding carboxylic acids is 2. The van der Waals surface area contributed by atoms with Crippen molar-refractivity contribution >= 4 is 23.6 Å². The summed E-state index contributed by atoms with van der Waals surface area (Å²) in [6, 6.07) is 10.6. The van der Waals surface area contributed by atoms with E-state index in [2.05, 4.69) is 10.6 Å². The number of anilines is 1. The van der Waals surface area contributed by atoms with Gasteiger partial charge in [-0.05, 0) is 48.4 Å². The monoisotopic (exact) mass is 354 g/mol. The molecule has 0 saturated heterocycles. The number of nitrogens with one attached hydrogen (secondary N) is 2. The van der Waals surface area contributed by atoms with Crippen LogP contribution in [-0.4, -0.2) is 33.1 Å². The smallest absolute Gasteiger partial charge is 0.251 e. The fourth-order valence-corrected chi connectivity index (χ4v) is 2.45. The number of benzene rings is 2. The predicted octanol–water partition coefficient (Wildman–Crippen LogP) is 3.02. The molecule has 0 unspecified atom stereocenters. The molecule has 0 bridgehead atoms. The molecule has 0 atom stereocenters. The minimum absolute atomic E-state index is 0.195. The Balaban J connectivity index is 2.14. The molecule has 0 aliphatic heterocycles. The van der Waals surface area contributed by atoms with Crippen LogP contribution in [0.15, 0.2) is 42.5 Å². The molecule has 0 radical (unpaired) electrons. The van der Waals surface area contributed by atoms with Crippen molar-refractivity contribution in [2.24, 2.45) is 0 Å². The zero-order valence-corrected chi connectivity index (χ0v) is 15.3. The highest BCUT2D eigenvalue weighted by Gasteiger charge is 2.11. The van der Waals surface area contributed by atoms with Gasteiger partial charge in [-0.25, -0.2) is 0 Å². The third-order valence-corrected chi connectivity index (χ3v) is 3.90. The number of hydrogen-bond donors (Lipinski definition) is 2. The van der Waals surface area contributed by atoms with E-state index in [0.717, 1.165) is 5.56 Å². The highest BCUT2D eigenvalue weighted by Crippen LogP contribution is 2.28. The van der Waals surface area contributed by atoms with Crippen molar-refractivity contribution in [1.29, 1.82) is 0 Å². The van der Waals surface area contributed by atoms with E-state index in [1.807, 2.05) is 6.07 Å². The molecule has 26 heavy (non-hydrogen) atoms. The standard InChI is InChI=1S/C20H22N2O4/c1-13-15(20(24)21-2)6-5-7-16(13)22-19(23)11-9-14-8-10-17(25-3)18(12-14)26-4/h5-12H,1-4H3,(H,21,24)(H,22,23)/b11-9+. The minimum atomic E-state index is -0.294. The molecule has 6 heteroatoms. The molecular formula is C20H22N2O4. The Morgan fingerprint density at radius 2 is 1.77 bits per heavy atom. The van der Waals surface area contributed by atoms with Gasteiger partial charge in [0.25, 0.3) is 5.91 Å². The molecule has 2 aromatic carbocycles. The zero-order chi connectivity index (χ0) is 19.1. The first kappa shape index (κ1) is 19.1. The van der Waals surface area contributed by atoms with Crippen molar-refractivity contribution in [3.8, 4) is 11.5 Å². The van der Waals surface area contributed by atoms with Crippen molar-refractivity contribution < 1.29 is 19.1 Å². The summed E-state index contributed by atoms with van der Waals surface area (Å²) in [5.74, 6) is 0.719. The lowest BCUT2D eigenvalue weighted by Crippen LogP contribution is -2.20. The molecule has 2 N–H and O–H groups in total. The quantitative estimate of drug-likeness (QED) is 0.782. The largest absolute Gasteiger partial charge is 0.493 e. The van der Waals surface area contributed by atoms with Crippen molar-refractivity contribution in [2.45, 2.75) is 6.92 Å². The van der Waals surface area contributed by atoms with Crippen molar-refractivity contribution in [3.05, 3.63) is 59.2 Å². The molecule has 2 rings (SSSR count). The fraction of sp³-hybridized carbons (Fsp3) is 0.200. The lowest BCUT2D eigenvalue weighted by Gasteiger charge is -2.10. The molecule has 0 aromatic heterocycles. The number of ether oxygens (including phenoxy) is 2. The molecule has 0 aliphatic carbocycles. The van der Waals surface area contributed by atoms with Crippen molar-refractivity contribution in [2.75, 3.05) is 26.6 Å². The molecule has 0 saturated carbocycles. The number of amides is 2. The summed E-state index contributed by atoms with van der Waals surface area (Å²) in [7, 11) is 4.69. The van der Waals surface area contributed by atoms with Crippen LogP contribution in [0.2, 0.25) is 0 Å². The summed E-state index contributed by atoms with van der Waals surface area (Å²) in [6.07, 6.45) is 3.10. The van der Waals surface area contributed by atoms with Crippen LogP contribution in [0.5, 0.6) is 11.5 Å². The van der Waals surface area contributed by atoms with Gasteiger partial charge in [0.15, 0.2) is 11.5 Å². The average molecular weight is 354 g/mol.